The molecule has 29 heavy (non-hydrogen) atoms. The lowest BCUT2D eigenvalue weighted by atomic mass is 10.2. The number of nitrogens with one attached hydrogen (secondary N) is 1. The molecular formula is C18H18ClFN6O3. The van der Waals surface area contributed by atoms with E-state index in [-0.39, 0.29) is 31.1 Å². The van der Waals surface area contributed by atoms with Crippen LogP contribution in [0.15, 0.2) is 30.6 Å². The summed E-state index contributed by atoms with van der Waals surface area (Å²) in [6, 6.07) is 4.43. The second-order valence-corrected chi connectivity index (χ2v) is 6.83. The standard InChI is InChI=1S/C18H18ClFN6O3/c1-11-18(26(28)29)12(2)25(23-11)7-6-17(27)22-13-8-21-24(9-13)10-14-15(19)4-3-5-16(14)20/h3-5,8-9H,6-7,10H2,1-2H3,(H,22,27). The van der Waals surface area contributed by atoms with E-state index in [0.717, 1.165) is 0 Å². The second kappa shape index (κ2) is 8.39. The number of anilines is 1. The van der Waals surface area contributed by atoms with Crippen LogP contribution < -0.4 is 5.32 Å². The average Bonchev–Trinajstić information content (AvgIpc) is 3.20. The Kier molecular flexibility index (Phi) is 5.92. The van der Waals surface area contributed by atoms with E-state index in [0.29, 0.717) is 27.7 Å². The molecule has 2 aromatic heterocycles. The van der Waals surface area contributed by atoms with Gasteiger partial charge in [0.15, 0.2) is 0 Å². The van der Waals surface area contributed by atoms with E-state index in [9.17, 15) is 19.3 Å². The molecule has 0 aliphatic heterocycles. The molecule has 1 N–H and O–H groups in total. The molecule has 1 amide bonds. The van der Waals surface area contributed by atoms with Crippen LogP contribution in [0.4, 0.5) is 15.8 Å². The Morgan fingerprint density at radius 2 is 2.14 bits per heavy atom. The van der Waals surface area contributed by atoms with Gasteiger partial charge in [-0.2, -0.15) is 10.2 Å². The third-order valence-corrected chi connectivity index (χ3v) is 4.73. The van der Waals surface area contributed by atoms with E-state index in [1.807, 2.05) is 0 Å². The maximum absolute atomic E-state index is 13.9. The Hall–Kier alpha value is -3.27. The van der Waals surface area contributed by atoms with Crippen molar-refractivity contribution in [3.63, 3.8) is 0 Å². The Morgan fingerprint density at radius 1 is 1.38 bits per heavy atom. The van der Waals surface area contributed by atoms with Gasteiger partial charge < -0.3 is 5.32 Å². The highest BCUT2D eigenvalue weighted by Crippen LogP contribution is 2.22. The fourth-order valence-corrected chi connectivity index (χ4v) is 3.18. The molecule has 9 nitrogen and oxygen atoms in total. The number of amides is 1. The van der Waals surface area contributed by atoms with Crippen molar-refractivity contribution in [3.05, 3.63) is 68.5 Å². The van der Waals surface area contributed by atoms with Gasteiger partial charge >= 0.3 is 5.69 Å². The number of rotatable bonds is 7. The van der Waals surface area contributed by atoms with Crippen LogP contribution in [0.1, 0.15) is 23.4 Å². The molecule has 152 valence electrons. The number of hydrogen-bond acceptors (Lipinski definition) is 5. The molecule has 3 rings (SSSR count). The number of nitrogens with zero attached hydrogens (tertiary/aromatic N) is 5. The molecule has 0 radical (unpaired) electrons. The van der Waals surface area contributed by atoms with Gasteiger partial charge in [0.25, 0.3) is 0 Å². The fraction of sp³-hybridized carbons (Fsp3) is 0.278. The van der Waals surface area contributed by atoms with Crippen molar-refractivity contribution in [1.29, 1.82) is 0 Å². The normalized spacial score (nSPS) is 10.9. The van der Waals surface area contributed by atoms with Crippen molar-refractivity contribution < 1.29 is 14.1 Å². The third kappa shape index (κ3) is 4.60. The number of carbonyl (C=O) groups excluding carboxylic acids is 1. The first-order chi connectivity index (χ1) is 13.8. The van der Waals surface area contributed by atoms with E-state index in [2.05, 4.69) is 15.5 Å². The van der Waals surface area contributed by atoms with Crippen LogP contribution in [0.2, 0.25) is 5.02 Å². The molecule has 0 saturated heterocycles. The highest BCUT2D eigenvalue weighted by molar-refractivity contribution is 6.31. The van der Waals surface area contributed by atoms with Crippen molar-refractivity contribution in [2.45, 2.75) is 33.4 Å². The number of aromatic nitrogens is 4. The zero-order valence-corrected chi connectivity index (χ0v) is 16.5. The first-order valence-corrected chi connectivity index (χ1v) is 9.07. The van der Waals surface area contributed by atoms with Crippen LogP contribution >= 0.6 is 11.6 Å². The van der Waals surface area contributed by atoms with Crippen molar-refractivity contribution in [3.8, 4) is 0 Å². The molecule has 2 heterocycles. The summed E-state index contributed by atoms with van der Waals surface area (Å²) in [5.41, 5.74) is 1.41. The van der Waals surface area contributed by atoms with Crippen LogP contribution in [-0.4, -0.2) is 30.4 Å². The van der Waals surface area contributed by atoms with Gasteiger partial charge in [0.05, 0.1) is 29.9 Å². The topological polar surface area (TPSA) is 108 Å². The maximum Gasteiger partial charge on any atom is 0.312 e. The SMILES string of the molecule is Cc1nn(CCC(=O)Nc2cnn(Cc3c(F)cccc3Cl)c2)c(C)c1[N+](=O)[O-]. The summed E-state index contributed by atoms with van der Waals surface area (Å²) in [7, 11) is 0. The molecule has 0 spiro atoms. The summed E-state index contributed by atoms with van der Waals surface area (Å²) >= 11 is 6.01. The number of benzene rings is 1. The van der Waals surface area contributed by atoms with Gasteiger partial charge in [0.1, 0.15) is 17.2 Å². The molecule has 0 fully saturated rings. The highest BCUT2D eigenvalue weighted by Gasteiger charge is 2.21. The van der Waals surface area contributed by atoms with Gasteiger partial charge in [-0.15, -0.1) is 0 Å². The van der Waals surface area contributed by atoms with E-state index >= 15 is 0 Å². The summed E-state index contributed by atoms with van der Waals surface area (Å²) in [5.74, 6) is -0.735. The first kappa shape index (κ1) is 20.5. The first-order valence-electron chi connectivity index (χ1n) is 8.70. The molecule has 0 saturated carbocycles. The number of nitro groups is 1. The van der Waals surface area contributed by atoms with Gasteiger partial charge in [-0.05, 0) is 26.0 Å². The zero-order chi connectivity index (χ0) is 21.1. The van der Waals surface area contributed by atoms with E-state index in [1.165, 1.54) is 27.7 Å². The molecule has 0 unspecified atom stereocenters. The molecular weight excluding hydrogens is 403 g/mol. The lowest BCUT2D eigenvalue weighted by Gasteiger charge is -2.06. The number of halogens is 2. The molecule has 3 aromatic rings. The number of aryl methyl sites for hydroxylation is 2. The highest BCUT2D eigenvalue weighted by atomic mass is 35.5. The van der Waals surface area contributed by atoms with Crippen LogP contribution in [0.3, 0.4) is 0 Å². The molecule has 11 heteroatoms. The Morgan fingerprint density at radius 3 is 2.79 bits per heavy atom. The largest absolute Gasteiger partial charge is 0.323 e. The summed E-state index contributed by atoms with van der Waals surface area (Å²) in [6.45, 7) is 3.47. The van der Waals surface area contributed by atoms with Crippen molar-refractivity contribution >= 4 is 28.9 Å². The average molecular weight is 421 g/mol. The Bertz CT molecular complexity index is 1060. The zero-order valence-electron chi connectivity index (χ0n) is 15.7. The van der Waals surface area contributed by atoms with Gasteiger partial charge in [0.2, 0.25) is 5.91 Å². The summed E-state index contributed by atoms with van der Waals surface area (Å²) < 4.78 is 16.8. The van der Waals surface area contributed by atoms with Crippen molar-refractivity contribution in [2.75, 3.05) is 5.32 Å². The predicted octanol–water partition coefficient (Wildman–Crippen LogP) is 3.47. The van der Waals surface area contributed by atoms with Crippen LogP contribution in [0, 0.1) is 29.8 Å². The number of hydrogen-bond donors (Lipinski definition) is 1. The third-order valence-electron chi connectivity index (χ3n) is 4.38. The predicted molar refractivity (Wildman–Crippen MR) is 104 cm³/mol. The molecule has 0 aliphatic carbocycles. The maximum atomic E-state index is 13.9. The Labute approximate surface area is 170 Å². The van der Waals surface area contributed by atoms with Crippen molar-refractivity contribution in [2.24, 2.45) is 0 Å². The molecule has 0 atom stereocenters. The van der Waals surface area contributed by atoms with Gasteiger partial charge in [0, 0.05) is 23.2 Å². The van der Waals surface area contributed by atoms with Gasteiger partial charge in [-0.25, -0.2) is 4.39 Å². The summed E-state index contributed by atoms with van der Waals surface area (Å²) in [4.78, 5) is 22.8. The minimum atomic E-state index is -0.482. The van der Waals surface area contributed by atoms with Crippen LogP contribution in [0.5, 0.6) is 0 Å². The molecule has 1 aromatic carbocycles. The molecule has 0 bridgehead atoms. The van der Waals surface area contributed by atoms with Gasteiger partial charge in [-0.1, -0.05) is 17.7 Å². The summed E-state index contributed by atoms with van der Waals surface area (Å²) in [5, 5.41) is 22.2. The smallest absolute Gasteiger partial charge is 0.312 e. The van der Waals surface area contributed by atoms with Crippen LogP contribution in [0.25, 0.3) is 0 Å². The second-order valence-electron chi connectivity index (χ2n) is 6.42. The van der Waals surface area contributed by atoms with Gasteiger partial charge in [-0.3, -0.25) is 24.3 Å². The lowest BCUT2D eigenvalue weighted by molar-refractivity contribution is -0.386. The van der Waals surface area contributed by atoms with Crippen LogP contribution in [-0.2, 0) is 17.9 Å². The molecule has 0 aliphatic rings. The number of carbonyl (C=O) groups is 1. The quantitative estimate of drug-likeness (QED) is 0.465. The summed E-state index contributed by atoms with van der Waals surface area (Å²) in [6.07, 6.45) is 3.08. The minimum Gasteiger partial charge on any atom is -0.323 e. The fourth-order valence-electron chi connectivity index (χ4n) is 2.96. The Balaban J connectivity index is 1.60. The van der Waals surface area contributed by atoms with Crippen molar-refractivity contribution in [1.82, 2.24) is 19.6 Å². The lowest BCUT2D eigenvalue weighted by Crippen LogP contribution is -2.15. The van der Waals surface area contributed by atoms with E-state index < -0.39 is 10.7 Å². The monoisotopic (exact) mass is 420 g/mol. The van der Waals surface area contributed by atoms with E-state index in [4.69, 9.17) is 11.6 Å². The van der Waals surface area contributed by atoms with E-state index in [1.54, 1.807) is 26.1 Å². The minimum absolute atomic E-state index is 0.0431.